The zero-order valence-electron chi connectivity index (χ0n) is 10.1. The van der Waals surface area contributed by atoms with Crippen LogP contribution in [-0.2, 0) is 5.75 Å². The molecule has 2 heterocycles. The monoisotopic (exact) mass is 291 g/mol. The first-order valence-electron chi connectivity index (χ1n) is 5.55. The molecule has 3 rings (SSSR count). The number of nitrogens with two attached hydrogens (primary N) is 1. The molecule has 0 saturated heterocycles. The summed E-state index contributed by atoms with van der Waals surface area (Å²) >= 11 is 1.43. The van der Waals surface area contributed by atoms with Crippen LogP contribution in [0.25, 0.3) is 5.78 Å². The van der Waals surface area contributed by atoms with E-state index in [-0.39, 0.29) is 5.69 Å². The lowest BCUT2D eigenvalue weighted by Gasteiger charge is -1.98. The minimum absolute atomic E-state index is 0.0745. The highest BCUT2D eigenvalue weighted by Crippen LogP contribution is 2.22. The van der Waals surface area contributed by atoms with Gasteiger partial charge in [0.1, 0.15) is 6.33 Å². The van der Waals surface area contributed by atoms with Crippen molar-refractivity contribution < 1.29 is 4.92 Å². The zero-order valence-corrected chi connectivity index (χ0v) is 10.9. The lowest BCUT2D eigenvalue weighted by atomic mass is 10.2. The molecule has 1 aromatic carbocycles. The molecule has 0 unspecified atom stereocenters. The molecule has 0 amide bonds. The summed E-state index contributed by atoms with van der Waals surface area (Å²) in [5.41, 5.74) is 1.02. The maximum Gasteiger partial charge on any atom is 0.273 e. The topological polar surface area (TPSA) is 117 Å². The number of nitrogens with zero attached hydrogens (tertiary/aromatic N) is 6. The van der Waals surface area contributed by atoms with Crippen LogP contribution in [0.1, 0.15) is 5.56 Å². The first kappa shape index (κ1) is 12.4. The van der Waals surface area contributed by atoms with Gasteiger partial charge in [-0.2, -0.15) is 9.61 Å². The minimum atomic E-state index is -0.424. The van der Waals surface area contributed by atoms with Gasteiger partial charge in [0.05, 0.1) is 4.92 Å². The number of nitrogen functional groups attached to an aromatic ring is 1. The molecule has 2 aromatic heterocycles. The molecule has 0 radical (unpaired) electrons. The Hall–Kier alpha value is -2.62. The van der Waals surface area contributed by atoms with Gasteiger partial charge in [-0.25, -0.2) is 4.68 Å². The molecule has 0 fully saturated rings. The third kappa shape index (κ3) is 2.16. The number of nitro groups is 1. The van der Waals surface area contributed by atoms with E-state index in [1.807, 2.05) is 0 Å². The molecule has 0 bridgehead atoms. The summed E-state index contributed by atoms with van der Waals surface area (Å²) in [5.74, 6) is 6.66. The summed E-state index contributed by atoms with van der Waals surface area (Å²) in [7, 11) is 0. The quantitative estimate of drug-likeness (QED) is 0.327. The summed E-state index contributed by atoms with van der Waals surface area (Å²) in [6.07, 6.45) is 1.44. The van der Waals surface area contributed by atoms with Gasteiger partial charge in [0.15, 0.2) is 0 Å². The number of rotatable bonds is 4. The number of thioether (sulfide) groups is 1. The Morgan fingerprint density at radius 1 is 1.30 bits per heavy atom. The van der Waals surface area contributed by atoms with Gasteiger partial charge in [0, 0.05) is 17.9 Å². The van der Waals surface area contributed by atoms with E-state index in [1.165, 1.54) is 39.4 Å². The average molecular weight is 291 g/mol. The highest BCUT2D eigenvalue weighted by molar-refractivity contribution is 7.98. The van der Waals surface area contributed by atoms with Gasteiger partial charge in [-0.15, -0.1) is 10.2 Å². The van der Waals surface area contributed by atoms with Crippen LogP contribution in [0.15, 0.2) is 35.7 Å². The Morgan fingerprint density at radius 2 is 2.05 bits per heavy atom. The van der Waals surface area contributed by atoms with Gasteiger partial charge in [0.25, 0.3) is 11.5 Å². The summed E-state index contributed by atoms with van der Waals surface area (Å²) in [5, 5.41) is 23.1. The number of benzene rings is 1. The van der Waals surface area contributed by atoms with Crippen LogP contribution in [0.2, 0.25) is 0 Å². The van der Waals surface area contributed by atoms with Crippen LogP contribution in [0.3, 0.4) is 0 Å². The van der Waals surface area contributed by atoms with Crippen LogP contribution in [0, 0.1) is 10.1 Å². The summed E-state index contributed by atoms with van der Waals surface area (Å²) < 4.78 is 2.82. The van der Waals surface area contributed by atoms with Crippen molar-refractivity contribution in [1.29, 1.82) is 0 Å². The number of fused-ring (bicyclic) bond motifs is 1. The number of nitro benzene ring substituents is 1. The van der Waals surface area contributed by atoms with Gasteiger partial charge < -0.3 is 5.84 Å². The fourth-order valence-electron chi connectivity index (χ4n) is 1.63. The van der Waals surface area contributed by atoms with Crippen molar-refractivity contribution in [2.24, 2.45) is 0 Å². The normalized spacial score (nSPS) is 11.0. The van der Waals surface area contributed by atoms with Gasteiger partial charge in [-0.3, -0.25) is 10.1 Å². The van der Waals surface area contributed by atoms with Crippen molar-refractivity contribution in [1.82, 2.24) is 24.5 Å². The number of aromatic nitrogens is 5. The Labute approximate surface area is 116 Å². The van der Waals surface area contributed by atoms with E-state index >= 15 is 0 Å². The van der Waals surface area contributed by atoms with E-state index in [0.717, 1.165) is 5.56 Å². The van der Waals surface area contributed by atoms with E-state index in [2.05, 4.69) is 15.3 Å². The first-order chi connectivity index (χ1) is 9.65. The van der Waals surface area contributed by atoms with E-state index in [4.69, 9.17) is 5.84 Å². The van der Waals surface area contributed by atoms with Crippen molar-refractivity contribution >= 4 is 23.2 Å². The third-order valence-electron chi connectivity index (χ3n) is 2.63. The molecule has 0 atom stereocenters. The maximum atomic E-state index is 10.6. The Kier molecular flexibility index (Phi) is 2.99. The predicted octanol–water partition coefficient (Wildman–Crippen LogP) is 0.840. The number of non-ortho nitro benzene ring substituents is 1. The predicted molar refractivity (Wildman–Crippen MR) is 71.6 cm³/mol. The van der Waals surface area contributed by atoms with Crippen LogP contribution >= 0.6 is 11.8 Å². The molecular formula is C10H9N7O2S. The lowest BCUT2D eigenvalue weighted by Crippen LogP contribution is -2.06. The van der Waals surface area contributed by atoms with E-state index in [0.29, 0.717) is 16.7 Å². The highest BCUT2D eigenvalue weighted by Gasteiger charge is 2.11. The SMILES string of the molecule is Nn1cnn2c(SCc3ccc([N+](=O)[O-])cc3)nnc12. The van der Waals surface area contributed by atoms with Crippen molar-refractivity contribution in [2.75, 3.05) is 5.84 Å². The van der Waals surface area contributed by atoms with Gasteiger partial charge in [-0.05, 0) is 5.56 Å². The summed E-state index contributed by atoms with van der Waals surface area (Å²) in [6.45, 7) is 0. The van der Waals surface area contributed by atoms with E-state index in [1.54, 1.807) is 12.1 Å². The van der Waals surface area contributed by atoms with Crippen LogP contribution in [0.5, 0.6) is 0 Å². The van der Waals surface area contributed by atoms with Crippen molar-refractivity contribution in [3.8, 4) is 0 Å². The van der Waals surface area contributed by atoms with Gasteiger partial charge in [0.2, 0.25) is 5.16 Å². The van der Waals surface area contributed by atoms with Gasteiger partial charge >= 0.3 is 0 Å². The van der Waals surface area contributed by atoms with Crippen LogP contribution < -0.4 is 5.84 Å². The molecule has 0 aliphatic rings. The fourth-order valence-corrected chi connectivity index (χ4v) is 2.47. The minimum Gasteiger partial charge on any atom is -0.335 e. The molecule has 0 aliphatic carbocycles. The summed E-state index contributed by atoms with van der Waals surface area (Å²) in [4.78, 5) is 10.1. The molecule has 0 aliphatic heterocycles. The number of hydrogen-bond acceptors (Lipinski definition) is 7. The molecule has 9 nitrogen and oxygen atoms in total. The van der Waals surface area contributed by atoms with Crippen molar-refractivity contribution in [3.63, 3.8) is 0 Å². The molecule has 10 heteroatoms. The fraction of sp³-hybridized carbons (Fsp3) is 0.100. The second-order valence-corrected chi connectivity index (χ2v) is 4.89. The van der Waals surface area contributed by atoms with Gasteiger partial charge in [-0.1, -0.05) is 23.9 Å². The zero-order chi connectivity index (χ0) is 14.1. The Morgan fingerprint density at radius 3 is 2.75 bits per heavy atom. The third-order valence-corrected chi connectivity index (χ3v) is 3.62. The molecule has 20 heavy (non-hydrogen) atoms. The molecule has 2 N–H and O–H groups in total. The second-order valence-electron chi connectivity index (χ2n) is 3.94. The highest BCUT2D eigenvalue weighted by atomic mass is 32.2. The molecule has 102 valence electrons. The first-order valence-corrected chi connectivity index (χ1v) is 6.53. The van der Waals surface area contributed by atoms with Crippen LogP contribution in [0.4, 0.5) is 5.69 Å². The van der Waals surface area contributed by atoms with E-state index < -0.39 is 4.92 Å². The average Bonchev–Trinajstić information content (AvgIpc) is 3.01. The molecular weight excluding hydrogens is 282 g/mol. The second kappa shape index (κ2) is 4.81. The lowest BCUT2D eigenvalue weighted by molar-refractivity contribution is -0.384. The largest absolute Gasteiger partial charge is 0.335 e. The Balaban J connectivity index is 1.74. The summed E-state index contributed by atoms with van der Waals surface area (Å²) in [6, 6.07) is 6.38. The van der Waals surface area contributed by atoms with Crippen molar-refractivity contribution in [2.45, 2.75) is 10.9 Å². The number of hydrogen-bond donors (Lipinski definition) is 1. The van der Waals surface area contributed by atoms with E-state index in [9.17, 15) is 10.1 Å². The van der Waals surface area contributed by atoms with Crippen molar-refractivity contribution in [3.05, 3.63) is 46.3 Å². The molecule has 3 aromatic rings. The standard InChI is InChI=1S/C10H9N7O2S/c11-15-6-12-16-9(15)13-14-10(16)20-5-7-1-3-8(4-2-7)17(18)19/h1-4,6H,5,11H2. The molecule has 0 saturated carbocycles. The Bertz CT molecular complexity index is 764. The molecule has 0 spiro atoms. The maximum absolute atomic E-state index is 10.6. The van der Waals surface area contributed by atoms with Crippen LogP contribution in [-0.4, -0.2) is 29.4 Å². The smallest absolute Gasteiger partial charge is 0.273 e.